The van der Waals surface area contributed by atoms with Crippen LogP contribution in [-0.4, -0.2) is 20.9 Å². The highest BCUT2D eigenvalue weighted by Crippen LogP contribution is 2.24. The van der Waals surface area contributed by atoms with E-state index in [0.717, 1.165) is 14.7 Å². The van der Waals surface area contributed by atoms with Gasteiger partial charge in [-0.1, -0.05) is 12.1 Å². The number of hydrogen-bond acceptors (Lipinski definition) is 4. The molecule has 0 spiro atoms. The van der Waals surface area contributed by atoms with Gasteiger partial charge in [0.05, 0.1) is 8.47 Å². The number of nitrogens with one attached hydrogen (secondary N) is 1. The van der Waals surface area contributed by atoms with E-state index < -0.39 is 10.0 Å². The van der Waals surface area contributed by atoms with Crippen molar-refractivity contribution >= 4 is 44.2 Å². The first-order valence-corrected chi connectivity index (χ1v) is 9.62. The summed E-state index contributed by atoms with van der Waals surface area (Å²) in [5.41, 5.74) is 1.88. The normalized spacial score (nSPS) is 11.2. The molecule has 0 saturated heterocycles. The number of primary sulfonamides is 1. The van der Waals surface area contributed by atoms with Gasteiger partial charge in [0.2, 0.25) is 10.0 Å². The van der Waals surface area contributed by atoms with Crippen molar-refractivity contribution in [3.63, 3.8) is 0 Å². The highest BCUT2D eigenvalue weighted by Gasteiger charge is 2.14. The fraction of sp³-hybridized carbons (Fsp3) is 0.188. The lowest BCUT2D eigenvalue weighted by Crippen LogP contribution is -2.22. The van der Waals surface area contributed by atoms with Crippen molar-refractivity contribution in [1.82, 2.24) is 0 Å². The minimum absolute atomic E-state index is 0.0422. The van der Waals surface area contributed by atoms with E-state index in [0.29, 0.717) is 11.4 Å². The van der Waals surface area contributed by atoms with Crippen molar-refractivity contribution < 1.29 is 17.9 Å². The van der Waals surface area contributed by atoms with Crippen molar-refractivity contribution in [2.45, 2.75) is 18.7 Å². The van der Waals surface area contributed by atoms with Gasteiger partial charge in [-0.05, 0) is 71.8 Å². The lowest BCUT2D eigenvalue weighted by atomic mass is 10.1. The Balaban J connectivity index is 2.14. The molecule has 0 aromatic heterocycles. The molecule has 0 bridgehead atoms. The summed E-state index contributed by atoms with van der Waals surface area (Å²) >= 11 is 2.12. The van der Waals surface area contributed by atoms with Gasteiger partial charge in [-0.3, -0.25) is 4.79 Å². The average molecular weight is 460 g/mol. The first kappa shape index (κ1) is 18.7. The standard InChI is InChI=1S/C16H17IN2O4S/c1-10-7-12(24(18,21)22)8-14(11(10)2)19-16(20)9-23-15-6-4-3-5-13(15)17/h3-8H,9H2,1-2H3,(H,19,20)(H2,18,21,22). The van der Waals surface area contributed by atoms with Crippen molar-refractivity contribution in [1.29, 1.82) is 0 Å². The molecule has 0 heterocycles. The number of benzene rings is 2. The molecule has 1 amide bonds. The zero-order valence-electron chi connectivity index (χ0n) is 13.2. The van der Waals surface area contributed by atoms with Crippen LogP contribution in [0.4, 0.5) is 5.69 Å². The van der Waals surface area contributed by atoms with E-state index in [-0.39, 0.29) is 17.4 Å². The molecule has 0 aliphatic heterocycles. The number of anilines is 1. The molecule has 0 unspecified atom stereocenters. The van der Waals surface area contributed by atoms with Gasteiger partial charge in [0.1, 0.15) is 5.75 Å². The lowest BCUT2D eigenvalue weighted by molar-refractivity contribution is -0.118. The van der Waals surface area contributed by atoms with E-state index in [9.17, 15) is 13.2 Å². The van der Waals surface area contributed by atoms with Crippen molar-refractivity contribution in [2.24, 2.45) is 5.14 Å². The summed E-state index contributed by atoms with van der Waals surface area (Å²) in [6.07, 6.45) is 0. The monoisotopic (exact) mass is 460 g/mol. The van der Waals surface area contributed by atoms with Crippen LogP contribution in [0.5, 0.6) is 5.75 Å². The molecule has 128 valence electrons. The zero-order chi connectivity index (χ0) is 17.9. The van der Waals surface area contributed by atoms with Crippen molar-refractivity contribution in [3.8, 4) is 5.75 Å². The molecule has 2 aromatic carbocycles. The molecule has 0 fully saturated rings. The molecule has 0 aliphatic rings. The molecule has 2 rings (SSSR count). The molecule has 24 heavy (non-hydrogen) atoms. The van der Waals surface area contributed by atoms with Crippen LogP contribution >= 0.6 is 22.6 Å². The highest BCUT2D eigenvalue weighted by molar-refractivity contribution is 14.1. The van der Waals surface area contributed by atoms with E-state index in [4.69, 9.17) is 9.88 Å². The summed E-state index contributed by atoms with van der Waals surface area (Å²) in [7, 11) is -3.84. The van der Waals surface area contributed by atoms with Crippen LogP contribution in [0.15, 0.2) is 41.3 Å². The summed E-state index contributed by atoms with van der Waals surface area (Å²) < 4.78 is 29.4. The summed E-state index contributed by atoms with van der Waals surface area (Å²) in [5, 5.41) is 7.83. The summed E-state index contributed by atoms with van der Waals surface area (Å²) in [5.74, 6) is 0.225. The second-order valence-electron chi connectivity index (χ2n) is 5.23. The van der Waals surface area contributed by atoms with Gasteiger partial charge < -0.3 is 10.1 Å². The van der Waals surface area contributed by atoms with Crippen LogP contribution in [0.2, 0.25) is 0 Å². The molecule has 0 radical (unpaired) electrons. The molecular formula is C16H17IN2O4S. The average Bonchev–Trinajstić information content (AvgIpc) is 2.50. The maximum absolute atomic E-state index is 12.1. The molecular weight excluding hydrogens is 443 g/mol. The third kappa shape index (κ3) is 4.68. The Labute approximate surface area is 154 Å². The maximum Gasteiger partial charge on any atom is 0.262 e. The second-order valence-corrected chi connectivity index (χ2v) is 7.95. The van der Waals surface area contributed by atoms with E-state index in [1.807, 2.05) is 18.2 Å². The Morgan fingerprint density at radius 2 is 1.92 bits per heavy atom. The quantitative estimate of drug-likeness (QED) is 0.671. The summed E-state index contributed by atoms with van der Waals surface area (Å²) in [6, 6.07) is 10.2. The maximum atomic E-state index is 12.1. The molecule has 6 nitrogen and oxygen atoms in total. The first-order chi connectivity index (χ1) is 11.2. The predicted octanol–water partition coefficient (Wildman–Crippen LogP) is 2.57. The Morgan fingerprint density at radius 1 is 1.25 bits per heavy atom. The number of ether oxygens (including phenoxy) is 1. The number of aryl methyl sites for hydroxylation is 1. The van der Waals surface area contributed by atoms with Gasteiger partial charge in [-0.2, -0.15) is 0 Å². The Kier molecular flexibility index (Phi) is 5.83. The third-order valence-electron chi connectivity index (χ3n) is 3.44. The van der Waals surface area contributed by atoms with Crippen LogP contribution in [0.3, 0.4) is 0 Å². The highest BCUT2D eigenvalue weighted by atomic mass is 127. The predicted molar refractivity (Wildman–Crippen MR) is 101 cm³/mol. The van der Waals surface area contributed by atoms with Gasteiger partial charge in [0, 0.05) is 5.69 Å². The summed E-state index contributed by atoms with van der Waals surface area (Å²) in [4.78, 5) is 12.1. The first-order valence-electron chi connectivity index (χ1n) is 6.99. The molecule has 8 heteroatoms. The van der Waals surface area contributed by atoms with Gasteiger partial charge >= 0.3 is 0 Å². The molecule has 0 aliphatic carbocycles. The number of para-hydroxylation sites is 1. The Hall–Kier alpha value is -1.65. The third-order valence-corrected chi connectivity index (χ3v) is 5.22. The van der Waals surface area contributed by atoms with Crippen LogP contribution in [0, 0.1) is 17.4 Å². The van der Waals surface area contributed by atoms with E-state index in [2.05, 4.69) is 27.9 Å². The van der Waals surface area contributed by atoms with Crippen LogP contribution in [0.25, 0.3) is 0 Å². The topological polar surface area (TPSA) is 98.5 Å². The van der Waals surface area contributed by atoms with E-state index in [1.165, 1.54) is 12.1 Å². The van der Waals surface area contributed by atoms with E-state index >= 15 is 0 Å². The van der Waals surface area contributed by atoms with Crippen LogP contribution in [0.1, 0.15) is 11.1 Å². The Bertz CT molecular complexity index is 882. The van der Waals surface area contributed by atoms with Crippen LogP contribution < -0.4 is 15.2 Å². The molecule has 0 atom stereocenters. The fourth-order valence-corrected chi connectivity index (χ4v) is 3.18. The van der Waals surface area contributed by atoms with Gasteiger partial charge in [-0.15, -0.1) is 0 Å². The smallest absolute Gasteiger partial charge is 0.262 e. The van der Waals surface area contributed by atoms with Gasteiger partial charge in [0.25, 0.3) is 5.91 Å². The fourth-order valence-electron chi connectivity index (χ4n) is 2.01. The molecule has 3 N–H and O–H groups in total. The van der Waals surface area contributed by atoms with Crippen molar-refractivity contribution in [2.75, 3.05) is 11.9 Å². The zero-order valence-corrected chi connectivity index (χ0v) is 16.1. The number of carbonyl (C=O) groups excluding carboxylic acids is 1. The van der Waals surface area contributed by atoms with Crippen LogP contribution in [-0.2, 0) is 14.8 Å². The van der Waals surface area contributed by atoms with Crippen molar-refractivity contribution in [3.05, 3.63) is 51.1 Å². The molecule has 0 saturated carbocycles. The second kappa shape index (κ2) is 7.49. The van der Waals surface area contributed by atoms with Gasteiger partial charge in [-0.25, -0.2) is 13.6 Å². The van der Waals surface area contributed by atoms with E-state index in [1.54, 1.807) is 19.9 Å². The number of carbonyl (C=O) groups is 1. The number of nitrogens with two attached hydrogens (primary N) is 1. The number of sulfonamides is 1. The minimum Gasteiger partial charge on any atom is -0.483 e. The summed E-state index contributed by atoms with van der Waals surface area (Å²) in [6.45, 7) is 3.36. The lowest BCUT2D eigenvalue weighted by Gasteiger charge is -2.13. The largest absolute Gasteiger partial charge is 0.483 e. The number of hydrogen-bond donors (Lipinski definition) is 2. The number of amides is 1. The number of rotatable bonds is 5. The SMILES string of the molecule is Cc1cc(S(N)(=O)=O)cc(NC(=O)COc2ccccc2I)c1C. The molecule has 2 aromatic rings. The minimum atomic E-state index is -3.84. The number of halogens is 1. The van der Waals surface area contributed by atoms with Gasteiger partial charge in [0.15, 0.2) is 6.61 Å². The Morgan fingerprint density at radius 3 is 2.54 bits per heavy atom.